The Morgan fingerprint density at radius 3 is 1.12 bits per heavy atom. The highest BCUT2D eigenvalue weighted by Gasteiger charge is 2.21. The first-order valence-electron chi connectivity index (χ1n) is 19.3. The Balaban J connectivity index is 3.63. The monoisotopic (exact) mass is 612 g/mol. The van der Waals surface area contributed by atoms with Crippen molar-refractivity contribution in [1.82, 2.24) is 5.32 Å². The zero-order valence-corrected chi connectivity index (χ0v) is 29.1. The highest BCUT2D eigenvalue weighted by Crippen LogP contribution is 2.16. The van der Waals surface area contributed by atoms with Crippen molar-refractivity contribution in [2.75, 3.05) is 6.61 Å². The molecular formula is C38H77NO4. The molecule has 0 aromatic carbocycles. The molecule has 0 saturated heterocycles. The molecule has 0 heterocycles. The number of hydrogen-bond acceptors (Lipinski definition) is 4. The van der Waals surface area contributed by atoms with Crippen molar-refractivity contribution in [3.8, 4) is 0 Å². The molecular weight excluding hydrogens is 534 g/mol. The fourth-order valence-electron chi connectivity index (χ4n) is 6.17. The van der Waals surface area contributed by atoms with Crippen LogP contribution in [0.15, 0.2) is 0 Å². The predicted molar refractivity (Wildman–Crippen MR) is 186 cm³/mol. The molecule has 0 radical (unpaired) electrons. The zero-order valence-electron chi connectivity index (χ0n) is 29.1. The van der Waals surface area contributed by atoms with E-state index >= 15 is 0 Å². The summed E-state index contributed by atoms with van der Waals surface area (Å²) in [5.41, 5.74) is 0. The van der Waals surface area contributed by atoms with Gasteiger partial charge in [-0.1, -0.05) is 194 Å². The molecule has 0 rings (SSSR count). The van der Waals surface area contributed by atoms with Gasteiger partial charge >= 0.3 is 0 Å². The smallest absolute Gasteiger partial charge is 0.222 e. The molecule has 5 nitrogen and oxygen atoms in total. The first kappa shape index (κ1) is 42.3. The normalized spacial score (nSPS) is 13.7. The van der Waals surface area contributed by atoms with Crippen molar-refractivity contribution < 1.29 is 20.1 Å². The van der Waals surface area contributed by atoms with Gasteiger partial charge in [-0.3, -0.25) is 4.79 Å². The number of carbonyl (C=O) groups excluding carboxylic acids is 1. The molecule has 0 aromatic heterocycles. The van der Waals surface area contributed by atoms with Crippen LogP contribution in [-0.4, -0.2) is 46.1 Å². The lowest BCUT2D eigenvalue weighted by atomic mass is 10.0. The van der Waals surface area contributed by atoms with Gasteiger partial charge in [-0.2, -0.15) is 0 Å². The second kappa shape index (κ2) is 34.2. The van der Waals surface area contributed by atoms with Gasteiger partial charge in [-0.15, -0.1) is 0 Å². The van der Waals surface area contributed by atoms with Crippen LogP contribution in [0.4, 0.5) is 0 Å². The second-order valence-electron chi connectivity index (χ2n) is 13.6. The van der Waals surface area contributed by atoms with E-state index in [0.717, 1.165) is 25.7 Å². The van der Waals surface area contributed by atoms with E-state index < -0.39 is 18.2 Å². The van der Waals surface area contributed by atoms with Crippen molar-refractivity contribution in [3.05, 3.63) is 0 Å². The fourth-order valence-corrected chi connectivity index (χ4v) is 6.17. The number of rotatable bonds is 35. The largest absolute Gasteiger partial charge is 0.394 e. The van der Waals surface area contributed by atoms with Crippen LogP contribution >= 0.6 is 0 Å². The lowest BCUT2D eigenvalue weighted by Gasteiger charge is -2.23. The van der Waals surface area contributed by atoms with E-state index in [9.17, 15) is 20.1 Å². The van der Waals surface area contributed by atoms with Crippen molar-refractivity contribution >= 4 is 5.91 Å². The molecule has 43 heavy (non-hydrogen) atoms. The second-order valence-corrected chi connectivity index (χ2v) is 13.6. The summed E-state index contributed by atoms with van der Waals surface area (Å²) in [4.78, 5) is 12.4. The zero-order chi connectivity index (χ0) is 31.6. The van der Waals surface area contributed by atoms with Crippen LogP contribution in [0.25, 0.3) is 0 Å². The van der Waals surface area contributed by atoms with Gasteiger partial charge in [0.25, 0.3) is 0 Å². The van der Waals surface area contributed by atoms with Crippen molar-refractivity contribution in [2.45, 2.75) is 231 Å². The van der Waals surface area contributed by atoms with Gasteiger partial charge in [0.1, 0.15) is 0 Å². The van der Waals surface area contributed by atoms with Crippen LogP contribution in [0.5, 0.6) is 0 Å². The quantitative estimate of drug-likeness (QED) is 0.0537. The van der Waals surface area contributed by atoms with Crippen molar-refractivity contribution in [2.24, 2.45) is 0 Å². The van der Waals surface area contributed by atoms with Crippen LogP contribution in [0.1, 0.15) is 213 Å². The average Bonchev–Trinajstić information content (AvgIpc) is 3.00. The van der Waals surface area contributed by atoms with Crippen LogP contribution in [0.3, 0.4) is 0 Å². The molecule has 0 spiro atoms. The summed E-state index contributed by atoms with van der Waals surface area (Å²) < 4.78 is 0. The van der Waals surface area contributed by atoms with Gasteiger partial charge in [0, 0.05) is 0 Å². The highest BCUT2D eigenvalue weighted by atomic mass is 16.3. The van der Waals surface area contributed by atoms with E-state index in [4.69, 9.17) is 0 Å². The molecule has 3 unspecified atom stereocenters. The van der Waals surface area contributed by atoms with E-state index in [1.807, 2.05) is 0 Å². The minimum absolute atomic E-state index is 0.0421. The Kier molecular flexibility index (Phi) is 33.7. The number of amides is 1. The molecule has 3 atom stereocenters. The molecule has 258 valence electrons. The summed E-state index contributed by atoms with van der Waals surface area (Å²) >= 11 is 0. The third-order valence-corrected chi connectivity index (χ3v) is 9.17. The molecule has 0 aliphatic heterocycles. The topological polar surface area (TPSA) is 89.8 Å². The molecule has 0 aliphatic carbocycles. The molecule has 5 heteroatoms. The van der Waals surface area contributed by atoms with Gasteiger partial charge in [0.05, 0.1) is 31.3 Å². The third kappa shape index (κ3) is 31.1. The molecule has 0 aliphatic rings. The Morgan fingerprint density at radius 1 is 0.488 bits per heavy atom. The predicted octanol–water partition coefficient (Wildman–Crippen LogP) is 10.3. The average molecular weight is 612 g/mol. The summed E-state index contributed by atoms with van der Waals surface area (Å²) in [7, 11) is 0. The van der Waals surface area contributed by atoms with Gasteiger partial charge in [0.2, 0.25) is 5.91 Å². The fraction of sp³-hybridized carbons (Fsp3) is 0.974. The summed E-state index contributed by atoms with van der Waals surface area (Å²) in [5.74, 6) is -0.281. The third-order valence-electron chi connectivity index (χ3n) is 9.17. The highest BCUT2D eigenvalue weighted by molar-refractivity contribution is 5.76. The number of hydrogen-bond donors (Lipinski definition) is 4. The van der Waals surface area contributed by atoms with Crippen LogP contribution < -0.4 is 5.32 Å². The van der Waals surface area contributed by atoms with Gasteiger partial charge in [0.15, 0.2) is 0 Å². The minimum atomic E-state index is -0.742. The van der Waals surface area contributed by atoms with E-state index in [1.165, 1.54) is 154 Å². The van der Waals surface area contributed by atoms with Gasteiger partial charge in [-0.05, 0) is 12.8 Å². The Bertz CT molecular complexity index is 558. The van der Waals surface area contributed by atoms with E-state index in [1.54, 1.807) is 0 Å². The number of aliphatic hydroxyl groups excluding tert-OH is 3. The molecule has 4 N–H and O–H groups in total. The number of nitrogens with one attached hydrogen (secondary N) is 1. The maximum absolute atomic E-state index is 12.4. The molecule has 0 fully saturated rings. The van der Waals surface area contributed by atoms with Crippen molar-refractivity contribution in [3.63, 3.8) is 0 Å². The number of carbonyl (C=O) groups is 1. The van der Waals surface area contributed by atoms with E-state index in [-0.39, 0.29) is 18.9 Å². The van der Waals surface area contributed by atoms with E-state index in [0.29, 0.717) is 12.8 Å². The summed E-state index contributed by atoms with van der Waals surface area (Å²) in [6.07, 6.45) is 36.2. The molecule has 0 bridgehead atoms. The first-order chi connectivity index (χ1) is 21.0. The lowest BCUT2D eigenvalue weighted by Crippen LogP contribution is -2.46. The Hall–Kier alpha value is -0.650. The molecule has 0 saturated carbocycles. The summed E-state index contributed by atoms with van der Waals surface area (Å²) in [6.45, 7) is 4.26. The maximum Gasteiger partial charge on any atom is 0.222 e. The molecule has 0 aromatic rings. The molecule has 1 amide bonds. The van der Waals surface area contributed by atoms with Crippen LogP contribution in [-0.2, 0) is 4.79 Å². The maximum atomic E-state index is 12.4. The van der Waals surface area contributed by atoms with Gasteiger partial charge < -0.3 is 20.6 Å². The first-order valence-corrected chi connectivity index (χ1v) is 19.3. The van der Waals surface area contributed by atoms with Crippen LogP contribution in [0.2, 0.25) is 0 Å². The SMILES string of the molecule is CCCCCCCCCCCCCCCCCC(O)C(CO)NC(=O)CC(O)CCCCCCCCCCCCCCC. The van der Waals surface area contributed by atoms with E-state index in [2.05, 4.69) is 19.2 Å². The Morgan fingerprint density at radius 2 is 0.791 bits per heavy atom. The number of unbranched alkanes of at least 4 members (excludes halogenated alkanes) is 26. The summed E-state index contributed by atoms with van der Waals surface area (Å²) in [5, 5.41) is 33.2. The standard InChI is InChI=1S/C38H77NO4/c1-3-5-7-9-11-13-15-17-18-20-22-24-26-28-30-32-37(42)36(34-40)39-38(43)33-35(41)31-29-27-25-23-21-19-16-14-12-10-8-6-4-2/h35-37,40-42H,3-34H2,1-2H3,(H,39,43). The minimum Gasteiger partial charge on any atom is -0.394 e. The number of aliphatic hydroxyl groups is 3. The Labute approximate surface area is 268 Å². The van der Waals surface area contributed by atoms with Crippen molar-refractivity contribution in [1.29, 1.82) is 0 Å². The lowest BCUT2D eigenvalue weighted by molar-refractivity contribution is -0.125. The van der Waals surface area contributed by atoms with Crippen LogP contribution in [0, 0.1) is 0 Å². The summed E-state index contributed by atoms with van der Waals surface area (Å²) in [6, 6.07) is -0.650. The van der Waals surface area contributed by atoms with Gasteiger partial charge in [-0.25, -0.2) is 0 Å².